The van der Waals surface area contributed by atoms with Gasteiger partial charge in [0.2, 0.25) is 5.91 Å². The van der Waals surface area contributed by atoms with E-state index in [0.717, 1.165) is 35.1 Å². The van der Waals surface area contributed by atoms with Gasteiger partial charge in [-0.15, -0.1) is 0 Å². The predicted octanol–water partition coefficient (Wildman–Crippen LogP) is 4.41. The number of carboxylic acids is 1. The number of hydrogen-bond donors (Lipinski definition) is 2. The lowest BCUT2D eigenvalue weighted by atomic mass is 9.85. The van der Waals surface area contributed by atoms with Crippen LogP contribution in [0.15, 0.2) is 48.5 Å². The Balaban J connectivity index is 1.45. The number of benzene rings is 2. The first-order valence-corrected chi connectivity index (χ1v) is 11.8. The van der Waals surface area contributed by atoms with E-state index in [1.165, 1.54) is 0 Å². The van der Waals surface area contributed by atoms with Gasteiger partial charge in [-0.3, -0.25) is 9.59 Å². The number of aliphatic carboxylic acids is 1. The van der Waals surface area contributed by atoms with E-state index in [4.69, 9.17) is 9.84 Å². The van der Waals surface area contributed by atoms with Gasteiger partial charge in [-0.2, -0.15) is 0 Å². The molecule has 0 saturated heterocycles. The molecule has 2 aromatic carbocycles. The molecule has 0 spiro atoms. The van der Waals surface area contributed by atoms with Gasteiger partial charge in [0.1, 0.15) is 12.6 Å². The molecule has 7 nitrogen and oxygen atoms in total. The highest BCUT2D eigenvalue weighted by Gasteiger charge is 2.41. The quantitative estimate of drug-likeness (QED) is 0.604. The van der Waals surface area contributed by atoms with Gasteiger partial charge in [0.15, 0.2) is 0 Å². The Labute approximate surface area is 200 Å². The highest BCUT2D eigenvalue weighted by atomic mass is 16.5. The molecule has 1 atom stereocenters. The summed E-state index contributed by atoms with van der Waals surface area (Å²) in [6.45, 7) is 5.93. The number of nitrogens with zero attached hydrogens (tertiary/aromatic N) is 1. The molecule has 7 heteroatoms. The molecule has 2 aliphatic rings. The van der Waals surface area contributed by atoms with Crippen molar-refractivity contribution < 1.29 is 24.2 Å². The zero-order valence-electron chi connectivity index (χ0n) is 19.9. The molecule has 0 aliphatic heterocycles. The van der Waals surface area contributed by atoms with Gasteiger partial charge in [0, 0.05) is 18.5 Å². The van der Waals surface area contributed by atoms with Gasteiger partial charge in [-0.05, 0) is 40.5 Å². The third-order valence-corrected chi connectivity index (χ3v) is 6.56. The van der Waals surface area contributed by atoms with Crippen LogP contribution in [0, 0.1) is 5.41 Å². The van der Waals surface area contributed by atoms with Crippen LogP contribution in [-0.2, 0) is 14.3 Å². The standard InChI is InChI=1S/C27H32N2O5/c1-27(2,3)24(25(32)29(17-12-13-17)15-14-23(30)31)28-26(33)34-16-22-20-10-6-4-8-18(20)19-9-5-7-11-21(19)22/h4-11,17,22,24H,12-16H2,1-3H3,(H,28,33)(H,30,31). The summed E-state index contributed by atoms with van der Waals surface area (Å²) in [6.07, 6.45) is 0.939. The summed E-state index contributed by atoms with van der Waals surface area (Å²) in [5.41, 5.74) is 3.96. The van der Waals surface area contributed by atoms with E-state index >= 15 is 0 Å². The van der Waals surface area contributed by atoms with Crippen molar-refractivity contribution in [2.75, 3.05) is 13.2 Å². The van der Waals surface area contributed by atoms with Crippen molar-refractivity contribution in [2.45, 2.75) is 58.0 Å². The van der Waals surface area contributed by atoms with Crippen molar-refractivity contribution in [3.8, 4) is 11.1 Å². The van der Waals surface area contributed by atoms with Crippen molar-refractivity contribution in [1.29, 1.82) is 0 Å². The Morgan fingerprint density at radius 1 is 1.03 bits per heavy atom. The molecule has 34 heavy (non-hydrogen) atoms. The zero-order chi connectivity index (χ0) is 24.5. The second kappa shape index (κ2) is 9.49. The van der Waals surface area contributed by atoms with E-state index in [-0.39, 0.29) is 37.4 Å². The van der Waals surface area contributed by atoms with Gasteiger partial charge >= 0.3 is 12.1 Å². The molecular formula is C27H32N2O5. The van der Waals surface area contributed by atoms with Crippen LogP contribution >= 0.6 is 0 Å². The third-order valence-electron chi connectivity index (χ3n) is 6.56. The highest BCUT2D eigenvalue weighted by molar-refractivity contribution is 5.87. The van der Waals surface area contributed by atoms with Crippen molar-refractivity contribution in [3.63, 3.8) is 0 Å². The molecular weight excluding hydrogens is 432 g/mol. The maximum Gasteiger partial charge on any atom is 0.407 e. The number of fused-ring (bicyclic) bond motifs is 3. The molecule has 0 radical (unpaired) electrons. The van der Waals surface area contributed by atoms with E-state index in [9.17, 15) is 14.4 Å². The average Bonchev–Trinajstić information content (AvgIpc) is 3.57. The minimum absolute atomic E-state index is 0.0426. The second-order valence-corrected chi connectivity index (χ2v) is 10.2. The van der Waals surface area contributed by atoms with Crippen LogP contribution in [0.25, 0.3) is 11.1 Å². The van der Waals surface area contributed by atoms with Gasteiger partial charge in [0.25, 0.3) is 0 Å². The van der Waals surface area contributed by atoms with E-state index < -0.39 is 23.5 Å². The third kappa shape index (κ3) is 5.08. The SMILES string of the molecule is CC(C)(C)C(NC(=O)OCC1c2ccccc2-c2ccccc21)C(=O)N(CCC(=O)O)C1CC1. The number of ether oxygens (including phenoxy) is 1. The number of rotatable bonds is 8. The van der Waals surface area contributed by atoms with Crippen molar-refractivity contribution >= 4 is 18.0 Å². The Morgan fingerprint density at radius 2 is 1.59 bits per heavy atom. The summed E-state index contributed by atoms with van der Waals surface area (Å²) in [6, 6.07) is 15.4. The smallest absolute Gasteiger partial charge is 0.407 e. The fourth-order valence-corrected chi connectivity index (χ4v) is 4.65. The molecule has 2 amide bonds. The fourth-order valence-electron chi connectivity index (χ4n) is 4.65. The Bertz CT molecular complexity index is 1040. The van der Waals surface area contributed by atoms with E-state index in [1.54, 1.807) is 4.90 Å². The highest BCUT2D eigenvalue weighted by Crippen LogP contribution is 2.44. The number of carbonyl (C=O) groups excluding carboxylic acids is 2. The molecule has 2 aliphatic carbocycles. The topological polar surface area (TPSA) is 95.9 Å². The van der Waals surface area contributed by atoms with Gasteiger partial charge in [-0.1, -0.05) is 69.3 Å². The lowest BCUT2D eigenvalue weighted by Gasteiger charge is -2.34. The largest absolute Gasteiger partial charge is 0.481 e. The lowest BCUT2D eigenvalue weighted by Crippen LogP contribution is -2.55. The molecule has 0 bridgehead atoms. The molecule has 1 saturated carbocycles. The van der Waals surface area contributed by atoms with Gasteiger partial charge in [0.05, 0.1) is 6.42 Å². The number of hydrogen-bond acceptors (Lipinski definition) is 4. The normalized spacial score (nSPS) is 15.7. The maximum atomic E-state index is 13.4. The summed E-state index contributed by atoms with van der Waals surface area (Å²) in [5, 5.41) is 11.9. The summed E-state index contributed by atoms with van der Waals surface area (Å²) in [7, 11) is 0. The van der Waals surface area contributed by atoms with E-state index in [1.807, 2.05) is 45.0 Å². The molecule has 1 unspecified atom stereocenters. The number of carboxylic acid groups (broad SMARTS) is 1. The van der Waals surface area contributed by atoms with Crippen LogP contribution in [0.3, 0.4) is 0 Å². The van der Waals surface area contributed by atoms with Gasteiger partial charge < -0.3 is 20.1 Å². The van der Waals surface area contributed by atoms with Crippen LogP contribution in [-0.4, -0.2) is 53.2 Å². The first kappa shape index (κ1) is 23.8. The maximum absolute atomic E-state index is 13.4. The fraction of sp³-hybridized carbons (Fsp3) is 0.444. The van der Waals surface area contributed by atoms with Crippen molar-refractivity contribution in [1.82, 2.24) is 10.2 Å². The lowest BCUT2D eigenvalue weighted by molar-refractivity contribution is -0.140. The molecule has 2 N–H and O–H groups in total. The molecule has 2 aromatic rings. The van der Waals surface area contributed by atoms with Gasteiger partial charge in [-0.25, -0.2) is 4.79 Å². The molecule has 180 valence electrons. The summed E-state index contributed by atoms with van der Waals surface area (Å²) in [4.78, 5) is 38.9. The first-order valence-electron chi connectivity index (χ1n) is 11.8. The monoisotopic (exact) mass is 464 g/mol. The molecule has 4 rings (SSSR count). The zero-order valence-corrected chi connectivity index (χ0v) is 19.9. The Morgan fingerprint density at radius 3 is 2.09 bits per heavy atom. The molecule has 0 heterocycles. The first-order chi connectivity index (χ1) is 16.2. The van der Waals surface area contributed by atoms with Crippen molar-refractivity contribution in [3.05, 3.63) is 59.7 Å². The average molecular weight is 465 g/mol. The number of nitrogens with one attached hydrogen (secondary N) is 1. The Kier molecular flexibility index (Phi) is 6.64. The number of carbonyl (C=O) groups is 3. The molecule has 1 fully saturated rings. The van der Waals surface area contributed by atoms with Crippen LogP contribution in [0.2, 0.25) is 0 Å². The van der Waals surface area contributed by atoms with Crippen LogP contribution < -0.4 is 5.32 Å². The van der Waals surface area contributed by atoms with Crippen LogP contribution in [0.1, 0.15) is 57.1 Å². The summed E-state index contributed by atoms with van der Waals surface area (Å²) >= 11 is 0. The van der Waals surface area contributed by atoms with E-state index in [2.05, 4.69) is 29.6 Å². The van der Waals surface area contributed by atoms with Crippen LogP contribution in [0.5, 0.6) is 0 Å². The van der Waals surface area contributed by atoms with Crippen molar-refractivity contribution in [2.24, 2.45) is 5.41 Å². The summed E-state index contributed by atoms with van der Waals surface area (Å²) < 4.78 is 5.65. The Hall–Kier alpha value is -3.35. The van der Waals surface area contributed by atoms with E-state index in [0.29, 0.717) is 0 Å². The second-order valence-electron chi connectivity index (χ2n) is 10.2. The summed E-state index contributed by atoms with van der Waals surface area (Å²) in [5.74, 6) is -1.28. The predicted molar refractivity (Wildman–Crippen MR) is 128 cm³/mol. The number of alkyl carbamates (subject to hydrolysis) is 1. The molecule has 0 aromatic heterocycles. The van der Waals surface area contributed by atoms with Crippen LogP contribution in [0.4, 0.5) is 4.79 Å². The number of amides is 2. The minimum atomic E-state index is -0.949. The minimum Gasteiger partial charge on any atom is -0.481 e.